The van der Waals surface area contributed by atoms with Gasteiger partial charge in [0.2, 0.25) is 11.8 Å². The average Bonchev–Trinajstić information content (AvgIpc) is 2.57. The summed E-state index contributed by atoms with van der Waals surface area (Å²) in [7, 11) is 0. The van der Waals surface area contributed by atoms with Crippen molar-refractivity contribution in [1.29, 1.82) is 0 Å². The zero-order valence-electron chi connectivity index (χ0n) is 13.0. The average molecular weight is 337 g/mol. The summed E-state index contributed by atoms with van der Waals surface area (Å²) in [6, 6.07) is 7.65. The van der Waals surface area contributed by atoms with Crippen LogP contribution in [0.3, 0.4) is 0 Å². The molecule has 9 heteroatoms. The second-order valence-electron chi connectivity index (χ2n) is 5.06. The van der Waals surface area contributed by atoms with Crippen LogP contribution >= 0.6 is 0 Å². The Bertz CT molecular complexity index is 604. The Kier molecular flexibility index (Phi) is 7.37. The van der Waals surface area contributed by atoms with Crippen molar-refractivity contribution < 1.29 is 29.5 Å². The molecule has 0 aliphatic rings. The van der Waals surface area contributed by atoms with E-state index >= 15 is 0 Å². The highest BCUT2D eigenvalue weighted by Crippen LogP contribution is 2.10. The molecule has 1 aromatic rings. The number of carboxylic acid groups (broad SMARTS) is 1. The van der Waals surface area contributed by atoms with Gasteiger partial charge in [-0.3, -0.25) is 24.4 Å². The molecule has 0 aliphatic carbocycles. The van der Waals surface area contributed by atoms with Gasteiger partial charge >= 0.3 is 5.97 Å². The van der Waals surface area contributed by atoms with E-state index in [0.717, 1.165) is 0 Å². The highest BCUT2D eigenvalue weighted by Gasteiger charge is 2.29. The van der Waals surface area contributed by atoms with E-state index < -0.39 is 42.2 Å². The van der Waals surface area contributed by atoms with Crippen LogP contribution in [0.25, 0.3) is 0 Å². The van der Waals surface area contributed by atoms with Crippen LogP contribution in [0, 0.1) is 5.92 Å². The van der Waals surface area contributed by atoms with Gasteiger partial charge in [0.05, 0.1) is 0 Å². The van der Waals surface area contributed by atoms with Crippen LogP contribution in [0.1, 0.15) is 12.5 Å². The van der Waals surface area contributed by atoms with Crippen LogP contribution in [0.2, 0.25) is 0 Å². The van der Waals surface area contributed by atoms with Crippen molar-refractivity contribution >= 4 is 23.7 Å². The zero-order chi connectivity index (χ0) is 18.1. The van der Waals surface area contributed by atoms with Crippen LogP contribution < -0.4 is 16.1 Å². The minimum absolute atomic E-state index is 0.0303. The van der Waals surface area contributed by atoms with Gasteiger partial charge in [-0.05, 0) is 18.9 Å². The summed E-state index contributed by atoms with van der Waals surface area (Å²) in [6.45, 7) is 0.773. The zero-order valence-corrected chi connectivity index (χ0v) is 13.0. The molecule has 0 heterocycles. The number of carbonyl (C=O) groups excluding carboxylic acids is 3. The van der Waals surface area contributed by atoms with E-state index in [1.54, 1.807) is 30.3 Å². The maximum absolute atomic E-state index is 12.2. The summed E-state index contributed by atoms with van der Waals surface area (Å²) in [4.78, 5) is 46.0. The molecule has 0 fully saturated rings. The topological polar surface area (TPSA) is 145 Å². The number of benzene rings is 1. The lowest BCUT2D eigenvalue weighted by atomic mass is 9.97. The van der Waals surface area contributed by atoms with Crippen LogP contribution in [-0.2, 0) is 25.6 Å². The van der Waals surface area contributed by atoms with Gasteiger partial charge in [-0.15, -0.1) is 0 Å². The van der Waals surface area contributed by atoms with Crippen molar-refractivity contribution in [2.24, 2.45) is 5.92 Å². The van der Waals surface area contributed by atoms with Crippen LogP contribution in [0.15, 0.2) is 30.3 Å². The molecule has 0 saturated carbocycles. The molecule has 24 heavy (non-hydrogen) atoms. The highest BCUT2D eigenvalue weighted by atomic mass is 16.5. The third-order valence-electron chi connectivity index (χ3n) is 3.19. The smallest absolute Gasteiger partial charge is 0.322 e. The Morgan fingerprint density at radius 2 is 1.67 bits per heavy atom. The second kappa shape index (κ2) is 9.26. The molecule has 2 unspecified atom stereocenters. The Morgan fingerprint density at radius 3 is 2.21 bits per heavy atom. The molecule has 0 spiro atoms. The standard InChI is InChI=1S/C15H19N3O6/c1-9(13(21)16-8-12(19)20)17-14(22)11(15(23)18-24)7-10-5-3-2-4-6-10/h2-6,9,11,24H,7-8H2,1H3,(H,16,21)(H,17,22)(H,18,23)(H,19,20). The van der Waals surface area contributed by atoms with Crippen molar-refractivity contribution in [3.8, 4) is 0 Å². The van der Waals surface area contributed by atoms with Gasteiger partial charge in [0.1, 0.15) is 18.5 Å². The Hall–Kier alpha value is -2.94. The van der Waals surface area contributed by atoms with Gasteiger partial charge in [0.15, 0.2) is 0 Å². The first-order valence-electron chi connectivity index (χ1n) is 7.13. The molecule has 1 rings (SSSR count). The number of carbonyl (C=O) groups is 4. The summed E-state index contributed by atoms with van der Waals surface area (Å²) in [5.74, 6) is -4.83. The lowest BCUT2D eigenvalue weighted by molar-refractivity contribution is -0.142. The van der Waals surface area contributed by atoms with E-state index in [0.29, 0.717) is 5.56 Å². The minimum atomic E-state index is -1.24. The number of amides is 3. The Morgan fingerprint density at radius 1 is 1.04 bits per heavy atom. The summed E-state index contributed by atoms with van der Waals surface area (Å²) in [6.07, 6.45) is 0.0303. The molecule has 0 aliphatic heterocycles. The number of carboxylic acids is 1. The third kappa shape index (κ3) is 6.05. The number of nitrogens with one attached hydrogen (secondary N) is 3. The van der Waals surface area contributed by atoms with E-state index in [-0.39, 0.29) is 6.42 Å². The normalized spacial score (nSPS) is 12.6. The van der Waals surface area contributed by atoms with E-state index in [2.05, 4.69) is 10.6 Å². The molecular formula is C15H19N3O6. The molecule has 5 N–H and O–H groups in total. The largest absolute Gasteiger partial charge is 0.480 e. The molecular weight excluding hydrogens is 318 g/mol. The lowest BCUT2D eigenvalue weighted by Crippen LogP contribution is -2.50. The summed E-state index contributed by atoms with van der Waals surface area (Å²) in [5.41, 5.74) is 2.13. The molecule has 0 bridgehead atoms. The van der Waals surface area contributed by atoms with Crippen molar-refractivity contribution in [3.63, 3.8) is 0 Å². The number of hydrogen-bond donors (Lipinski definition) is 5. The molecule has 0 saturated heterocycles. The number of hydrogen-bond acceptors (Lipinski definition) is 5. The first-order chi connectivity index (χ1) is 11.3. The minimum Gasteiger partial charge on any atom is -0.480 e. The fourth-order valence-corrected chi connectivity index (χ4v) is 1.93. The Balaban J connectivity index is 2.72. The predicted molar refractivity (Wildman–Crippen MR) is 81.8 cm³/mol. The van der Waals surface area contributed by atoms with Crippen LogP contribution in [-0.4, -0.2) is 46.6 Å². The quantitative estimate of drug-likeness (QED) is 0.235. The van der Waals surface area contributed by atoms with Gasteiger partial charge in [0, 0.05) is 0 Å². The van der Waals surface area contributed by atoms with E-state index in [9.17, 15) is 19.2 Å². The number of rotatable bonds is 8. The maximum Gasteiger partial charge on any atom is 0.322 e. The summed E-state index contributed by atoms with van der Waals surface area (Å²) in [5, 5.41) is 21.7. The third-order valence-corrected chi connectivity index (χ3v) is 3.19. The molecule has 3 amide bonds. The molecule has 1 aromatic carbocycles. The van der Waals surface area contributed by atoms with Crippen molar-refractivity contribution in [1.82, 2.24) is 16.1 Å². The number of hydroxylamine groups is 1. The Labute approximate surface area is 138 Å². The van der Waals surface area contributed by atoms with Gasteiger partial charge in [-0.2, -0.15) is 0 Å². The second-order valence-corrected chi connectivity index (χ2v) is 5.06. The maximum atomic E-state index is 12.2. The number of aliphatic carboxylic acids is 1. The molecule has 130 valence electrons. The van der Waals surface area contributed by atoms with Gasteiger partial charge < -0.3 is 15.7 Å². The van der Waals surface area contributed by atoms with E-state index in [1.807, 2.05) is 0 Å². The highest BCUT2D eigenvalue weighted by molar-refractivity contribution is 6.01. The van der Waals surface area contributed by atoms with Crippen molar-refractivity contribution in [2.45, 2.75) is 19.4 Å². The van der Waals surface area contributed by atoms with Gasteiger partial charge in [-0.25, -0.2) is 5.48 Å². The lowest BCUT2D eigenvalue weighted by Gasteiger charge is -2.18. The first kappa shape index (κ1) is 19.1. The molecule has 0 radical (unpaired) electrons. The molecule has 2 atom stereocenters. The van der Waals surface area contributed by atoms with E-state index in [4.69, 9.17) is 10.3 Å². The SMILES string of the molecule is CC(NC(=O)C(Cc1ccccc1)C(=O)NO)C(=O)NCC(=O)O. The van der Waals surface area contributed by atoms with Crippen LogP contribution in [0.5, 0.6) is 0 Å². The predicted octanol–water partition coefficient (Wildman–Crippen LogP) is -0.944. The van der Waals surface area contributed by atoms with Crippen molar-refractivity contribution in [2.75, 3.05) is 6.54 Å². The monoisotopic (exact) mass is 337 g/mol. The van der Waals surface area contributed by atoms with Crippen LogP contribution in [0.4, 0.5) is 0 Å². The summed E-state index contributed by atoms with van der Waals surface area (Å²) < 4.78 is 0. The molecule has 0 aromatic heterocycles. The molecule has 9 nitrogen and oxygen atoms in total. The summed E-state index contributed by atoms with van der Waals surface area (Å²) >= 11 is 0. The van der Waals surface area contributed by atoms with Gasteiger partial charge in [0.25, 0.3) is 5.91 Å². The van der Waals surface area contributed by atoms with Gasteiger partial charge in [-0.1, -0.05) is 30.3 Å². The van der Waals surface area contributed by atoms with E-state index in [1.165, 1.54) is 12.4 Å². The van der Waals surface area contributed by atoms with Crippen molar-refractivity contribution in [3.05, 3.63) is 35.9 Å². The first-order valence-corrected chi connectivity index (χ1v) is 7.13. The fourth-order valence-electron chi connectivity index (χ4n) is 1.93. The fraction of sp³-hybridized carbons (Fsp3) is 0.333.